The van der Waals surface area contributed by atoms with E-state index in [2.05, 4.69) is 53.2 Å². The smallest absolute Gasteiger partial charge is 0.294 e. The van der Waals surface area contributed by atoms with Crippen LogP contribution in [-0.4, -0.2) is 40.4 Å². The molecule has 6 heteroatoms. The van der Waals surface area contributed by atoms with Crippen molar-refractivity contribution < 1.29 is 9.47 Å². The second-order valence-corrected chi connectivity index (χ2v) is 7.32. The molecular formula is C17H23N3O2S. The number of aromatic nitrogens is 2. The molecule has 1 saturated heterocycles. The predicted octanol–water partition coefficient (Wildman–Crippen LogP) is 3.29. The van der Waals surface area contributed by atoms with Crippen molar-refractivity contribution in [1.82, 2.24) is 15.1 Å². The molecule has 3 rings (SSSR count). The highest BCUT2D eigenvalue weighted by molar-refractivity contribution is 7.13. The molecule has 1 aliphatic rings. The van der Waals surface area contributed by atoms with Gasteiger partial charge in [-0.15, -0.1) is 10.2 Å². The van der Waals surface area contributed by atoms with Gasteiger partial charge in [-0.2, -0.15) is 0 Å². The van der Waals surface area contributed by atoms with Crippen LogP contribution < -0.4 is 4.74 Å². The largest absolute Gasteiger partial charge is 0.469 e. The van der Waals surface area contributed by atoms with E-state index >= 15 is 0 Å². The minimum atomic E-state index is -0.0251. The van der Waals surface area contributed by atoms with Gasteiger partial charge in [-0.1, -0.05) is 41.7 Å². The average Bonchev–Trinajstić information content (AvgIpc) is 2.98. The first-order valence-electron chi connectivity index (χ1n) is 7.95. The van der Waals surface area contributed by atoms with Crippen LogP contribution in [0.15, 0.2) is 30.3 Å². The van der Waals surface area contributed by atoms with E-state index in [1.807, 2.05) is 13.0 Å². The zero-order valence-electron chi connectivity index (χ0n) is 13.9. The fraction of sp³-hybridized carbons (Fsp3) is 0.529. The van der Waals surface area contributed by atoms with Crippen LogP contribution in [0.3, 0.4) is 0 Å². The Balaban J connectivity index is 1.72. The van der Waals surface area contributed by atoms with Gasteiger partial charge >= 0.3 is 0 Å². The van der Waals surface area contributed by atoms with Crippen LogP contribution >= 0.6 is 11.3 Å². The van der Waals surface area contributed by atoms with Crippen LogP contribution in [0.4, 0.5) is 0 Å². The summed E-state index contributed by atoms with van der Waals surface area (Å²) in [4.78, 5) is 2.42. The van der Waals surface area contributed by atoms with Crippen molar-refractivity contribution in [3.8, 4) is 5.19 Å². The minimum Gasteiger partial charge on any atom is -0.469 e. The molecule has 124 valence electrons. The maximum absolute atomic E-state index is 6.09. The van der Waals surface area contributed by atoms with Crippen molar-refractivity contribution >= 4 is 11.3 Å². The molecule has 1 aromatic carbocycles. The van der Waals surface area contributed by atoms with Gasteiger partial charge in [0.1, 0.15) is 5.01 Å². The Morgan fingerprint density at radius 1 is 1.30 bits per heavy atom. The van der Waals surface area contributed by atoms with Gasteiger partial charge in [0.15, 0.2) is 0 Å². The van der Waals surface area contributed by atoms with E-state index in [1.165, 1.54) is 16.9 Å². The number of morpholine rings is 1. The number of hydrogen-bond acceptors (Lipinski definition) is 6. The van der Waals surface area contributed by atoms with Gasteiger partial charge in [0.25, 0.3) is 5.19 Å². The lowest BCUT2D eigenvalue weighted by Gasteiger charge is -2.45. The molecule has 0 bridgehead atoms. The fourth-order valence-electron chi connectivity index (χ4n) is 2.69. The van der Waals surface area contributed by atoms with E-state index in [4.69, 9.17) is 9.47 Å². The minimum absolute atomic E-state index is 0.0251. The molecule has 1 atom stereocenters. The first-order chi connectivity index (χ1) is 11.1. The molecule has 0 unspecified atom stereocenters. The maximum atomic E-state index is 6.09. The molecule has 0 N–H and O–H groups in total. The van der Waals surface area contributed by atoms with Gasteiger partial charge in [0.05, 0.1) is 25.9 Å². The van der Waals surface area contributed by atoms with Crippen molar-refractivity contribution in [2.45, 2.75) is 39.0 Å². The molecule has 0 aliphatic carbocycles. The van der Waals surface area contributed by atoms with Gasteiger partial charge < -0.3 is 9.47 Å². The first-order valence-corrected chi connectivity index (χ1v) is 8.77. The van der Waals surface area contributed by atoms with Crippen LogP contribution in [0.2, 0.25) is 0 Å². The summed E-state index contributed by atoms with van der Waals surface area (Å²) in [6.07, 6.45) is 0.100. The highest BCUT2D eigenvalue weighted by atomic mass is 32.1. The summed E-state index contributed by atoms with van der Waals surface area (Å²) in [6.45, 7) is 9.30. The van der Waals surface area contributed by atoms with Gasteiger partial charge in [-0.05, 0) is 26.3 Å². The Morgan fingerprint density at radius 3 is 2.83 bits per heavy atom. The zero-order valence-corrected chi connectivity index (χ0v) is 14.7. The summed E-state index contributed by atoms with van der Waals surface area (Å²) >= 11 is 1.52. The predicted molar refractivity (Wildman–Crippen MR) is 90.7 cm³/mol. The van der Waals surface area contributed by atoms with Crippen LogP contribution in [0.5, 0.6) is 5.19 Å². The molecule has 0 spiro atoms. The van der Waals surface area contributed by atoms with Gasteiger partial charge in [-0.3, -0.25) is 4.90 Å². The number of ether oxygens (including phenoxy) is 2. The maximum Gasteiger partial charge on any atom is 0.294 e. The molecule has 2 aromatic rings. The molecule has 0 amide bonds. The highest BCUT2D eigenvalue weighted by Crippen LogP contribution is 2.32. The van der Waals surface area contributed by atoms with E-state index in [-0.39, 0.29) is 11.6 Å². The van der Waals surface area contributed by atoms with Gasteiger partial charge in [0.2, 0.25) is 0 Å². The van der Waals surface area contributed by atoms with E-state index in [0.717, 1.165) is 18.1 Å². The molecule has 0 saturated carbocycles. The lowest BCUT2D eigenvalue weighted by atomic mass is 9.98. The lowest BCUT2D eigenvalue weighted by molar-refractivity contribution is -0.104. The Bertz CT molecular complexity index is 630. The standard InChI is InChI=1S/C17H23N3O2S/c1-4-21-16-19-18-15(23-16)11-20-10-14(22-12-17(20,2)3)13-8-6-5-7-9-13/h5-9,14H,4,10-12H2,1-3H3/t14-/m0/s1. The van der Waals surface area contributed by atoms with Crippen LogP contribution in [-0.2, 0) is 11.3 Å². The van der Waals surface area contributed by atoms with Crippen LogP contribution in [0.1, 0.15) is 37.4 Å². The summed E-state index contributed by atoms with van der Waals surface area (Å²) < 4.78 is 11.5. The van der Waals surface area contributed by atoms with E-state index in [9.17, 15) is 0 Å². The third kappa shape index (κ3) is 3.88. The summed E-state index contributed by atoms with van der Waals surface area (Å²) in [6, 6.07) is 10.4. The Labute approximate surface area is 141 Å². The second kappa shape index (κ2) is 6.95. The monoisotopic (exact) mass is 333 g/mol. The summed E-state index contributed by atoms with van der Waals surface area (Å²) in [7, 11) is 0. The Hall–Kier alpha value is -1.50. The average molecular weight is 333 g/mol. The number of nitrogens with zero attached hydrogens (tertiary/aromatic N) is 3. The summed E-state index contributed by atoms with van der Waals surface area (Å²) in [5.41, 5.74) is 1.20. The zero-order chi connectivity index (χ0) is 16.3. The third-order valence-electron chi connectivity index (χ3n) is 4.09. The number of benzene rings is 1. The van der Waals surface area contributed by atoms with Gasteiger partial charge in [-0.25, -0.2) is 0 Å². The van der Waals surface area contributed by atoms with Crippen LogP contribution in [0.25, 0.3) is 0 Å². The molecular weight excluding hydrogens is 310 g/mol. The van der Waals surface area contributed by atoms with E-state index in [1.54, 1.807) is 0 Å². The SMILES string of the molecule is CCOc1nnc(CN2C[C@@H](c3ccccc3)OCC2(C)C)s1. The third-order valence-corrected chi connectivity index (χ3v) is 4.91. The molecule has 2 heterocycles. The number of hydrogen-bond donors (Lipinski definition) is 0. The fourth-order valence-corrected chi connectivity index (χ4v) is 3.45. The molecule has 5 nitrogen and oxygen atoms in total. The molecule has 1 fully saturated rings. The molecule has 0 radical (unpaired) electrons. The Morgan fingerprint density at radius 2 is 2.09 bits per heavy atom. The normalized spacial score (nSPS) is 21.3. The van der Waals surface area contributed by atoms with E-state index < -0.39 is 0 Å². The topological polar surface area (TPSA) is 47.5 Å². The lowest BCUT2D eigenvalue weighted by Crippen LogP contribution is -2.53. The Kier molecular flexibility index (Phi) is 4.94. The van der Waals surface area contributed by atoms with E-state index in [0.29, 0.717) is 18.4 Å². The first kappa shape index (κ1) is 16.4. The highest BCUT2D eigenvalue weighted by Gasteiger charge is 2.36. The van der Waals surface area contributed by atoms with Crippen molar-refractivity contribution in [3.05, 3.63) is 40.9 Å². The second-order valence-electron chi connectivity index (χ2n) is 6.30. The van der Waals surface area contributed by atoms with Crippen molar-refractivity contribution in [2.75, 3.05) is 19.8 Å². The summed E-state index contributed by atoms with van der Waals surface area (Å²) in [5.74, 6) is 0. The summed E-state index contributed by atoms with van der Waals surface area (Å²) in [5, 5.41) is 9.97. The van der Waals surface area contributed by atoms with Gasteiger partial charge in [0, 0.05) is 12.1 Å². The van der Waals surface area contributed by atoms with Crippen molar-refractivity contribution in [2.24, 2.45) is 0 Å². The molecule has 23 heavy (non-hydrogen) atoms. The molecule has 1 aliphatic heterocycles. The van der Waals surface area contributed by atoms with Crippen molar-refractivity contribution in [1.29, 1.82) is 0 Å². The van der Waals surface area contributed by atoms with Crippen LogP contribution in [0, 0.1) is 0 Å². The van der Waals surface area contributed by atoms with Crippen molar-refractivity contribution in [3.63, 3.8) is 0 Å². The molecule has 1 aromatic heterocycles. The number of rotatable bonds is 5. The quantitative estimate of drug-likeness (QED) is 0.840.